The molecule has 0 aromatic carbocycles. The lowest BCUT2D eigenvalue weighted by Gasteiger charge is -2.00. The number of carbonyl (C=O) groups is 1. The maximum Gasteiger partial charge on any atom is 0.332 e. The summed E-state index contributed by atoms with van der Waals surface area (Å²) in [6.45, 7) is 0.563. The van der Waals surface area contributed by atoms with Gasteiger partial charge in [0.05, 0.1) is 4.43 Å². The van der Waals surface area contributed by atoms with Gasteiger partial charge < -0.3 is 16.5 Å². The summed E-state index contributed by atoms with van der Waals surface area (Å²) >= 11 is 1.90. The first-order valence-corrected chi connectivity index (χ1v) is 8.05. The number of aromatic amines is 1. The van der Waals surface area contributed by atoms with Crippen molar-refractivity contribution in [1.29, 1.82) is 0 Å². The van der Waals surface area contributed by atoms with Crippen LogP contribution in [-0.2, 0) is 25.3 Å². The average molecular weight is 422 g/mol. The van der Waals surface area contributed by atoms with Gasteiger partial charge in [0.15, 0.2) is 5.65 Å². The molecule has 22 heavy (non-hydrogen) atoms. The Balaban J connectivity index is 0.000000422. The number of fused-ring (bicyclic) bond motifs is 1. The highest BCUT2D eigenvalue weighted by molar-refractivity contribution is 14.1. The Bertz CT molecular complexity index is 775. The van der Waals surface area contributed by atoms with Crippen LogP contribution in [0.4, 0.5) is 0 Å². The number of imidazole rings is 1. The third kappa shape index (κ3) is 4.16. The van der Waals surface area contributed by atoms with Crippen molar-refractivity contribution in [1.82, 2.24) is 19.1 Å². The number of carbonyl (C=O) groups excluding carboxylic acids is 1. The fraction of sp³-hybridized carbons (Fsp3) is 0.500. The molecule has 0 aliphatic carbocycles. The van der Waals surface area contributed by atoms with Gasteiger partial charge in [-0.1, -0.05) is 22.6 Å². The molecule has 0 radical (unpaired) electrons. The topological polar surface area (TPSA) is 142 Å². The lowest BCUT2D eigenvalue weighted by molar-refractivity contribution is -0.115. The second-order valence-electron chi connectivity index (χ2n) is 4.58. The number of hydrogen-bond acceptors (Lipinski definition) is 5. The number of hydrogen-bond donors (Lipinski definition) is 3. The van der Waals surface area contributed by atoms with Crippen molar-refractivity contribution >= 4 is 39.7 Å². The summed E-state index contributed by atoms with van der Waals surface area (Å²) in [5, 5.41) is 0. The van der Waals surface area contributed by atoms with E-state index in [2.05, 4.69) is 15.7 Å². The molecule has 2 aromatic rings. The van der Waals surface area contributed by atoms with Crippen molar-refractivity contribution < 1.29 is 4.79 Å². The molecule has 2 aromatic heterocycles. The number of rotatable bonds is 4. The van der Waals surface area contributed by atoms with E-state index in [1.54, 1.807) is 7.05 Å². The van der Waals surface area contributed by atoms with E-state index >= 15 is 0 Å². The highest BCUT2D eigenvalue weighted by Gasteiger charge is 2.12. The SMILES string of the molecule is Cn1c(=O)c2[nH]c(CCCN)nc2n(C)c1=O.NC(=O)CI. The second kappa shape index (κ2) is 8.08. The van der Waals surface area contributed by atoms with E-state index in [0.717, 1.165) is 11.0 Å². The minimum Gasteiger partial charge on any atom is -0.369 e. The average Bonchev–Trinajstić information content (AvgIpc) is 2.93. The van der Waals surface area contributed by atoms with Gasteiger partial charge in [-0.2, -0.15) is 0 Å². The summed E-state index contributed by atoms with van der Waals surface area (Å²) in [5.74, 6) is 0.425. The van der Waals surface area contributed by atoms with Gasteiger partial charge >= 0.3 is 5.69 Å². The lowest BCUT2D eigenvalue weighted by atomic mass is 10.3. The molecule has 0 bridgehead atoms. The fourth-order valence-corrected chi connectivity index (χ4v) is 1.76. The van der Waals surface area contributed by atoms with Crippen LogP contribution in [0.5, 0.6) is 0 Å². The van der Waals surface area contributed by atoms with Gasteiger partial charge in [-0.15, -0.1) is 0 Å². The molecular weight excluding hydrogens is 403 g/mol. The fourth-order valence-electron chi connectivity index (χ4n) is 1.76. The first-order valence-electron chi connectivity index (χ1n) is 6.52. The maximum absolute atomic E-state index is 11.8. The van der Waals surface area contributed by atoms with E-state index in [1.807, 2.05) is 22.6 Å². The van der Waals surface area contributed by atoms with Gasteiger partial charge in [-0.3, -0.25) is 18.7 Å². The van der Waals surface area contributed by atoms with Crippen molar-refractivity contribution in [3.8, 4) is 0 Å². The smallest absolute Gasteiger partial charge is 0.332 e. The number of alkyl halides is 1. The van der Waals surface area contributed by atoms with Crippen LogP contribution >= 0.6 is 22.6 Å². The number of nitrogens with zero attached hydrogens (tertiary/aromatic N) is 3. The molecule has 0 saturated carbocycles. The van der Waals surface area contributed by atoms with Crippen LogP contribution in [0.15, 0.2) is 9.59 Å². The molecule has 2 heterocycles. The molecule has 5 N–H and O–H groups in total. The first-order chi connectivity index (χ1) is 10.3. The lowest BCUT2D eigenvalue weighted by Crippen LogP contribution is -2.36. The van der Waals surface area contributed by atoms with E-state index in [0.29, 0.717) is 34.4 Å². The van der Waals surface area contributed by atoms with Gasteiger partial charge in [0.25, 0.3) is 5.56 Å². The number of primary amides is 1. The molecule has 1 amide bonds. The van der Waals surface area contributed by atoms with Crippen LogP contribution in [0.1, 0.15) is 12.2 Å². The van der Waals surface area contributed by atoms with E-state index in [1.165, 1.54) is 11.6 Å². The molecule has 122 valence electrons. The molecule has 0 spiro atoms. The highest BCUT2D eigenvalue weighted by Crippen LogP contribution is 2.05. The monoisotopic (exact) mass is 422 g/mol. The summed E-state index contributed by atoms with van der Waals surface area (Å²) in [5.41, 5.74) is 10.1. The summed E-state index contributed by atoms with van der Waals surface area (Å²) in [6, 6.07) is 0. The number of aryl methyl sites for hydroxylation is 2. The van der Waals surface area contributed by atoms with E-state index in [-0.39, 0.29) is 17.2 Å². The quantitative estimate of drug-likeness (QED) is 0.417. The molecule has 0 atom stereocenters. The highest BCUT2D eigenvalue weighted by atomic mass is 127. The van der Waals surface area contributed by atoms with Crippen molar-refractivity contribution in [3.63, 3.8) is 0 Å². The Labute approximate surface area is 139 Å². The normalized spacial score (nSPS) is 10.4. The first kappa shape index (κ1) is 18.4. The Hall–Kier alpha value is -1.69. The largest absolute Gasteiger partial charge is 0.369 e. The third-order valence-corrected chi connectivity index (χ3v) is 3.65. The second-order valence-corrected chi connectivity index (χ2v) is 5.34. The zero-order valence-electron chi connectivity index (χ0n) is 12.4. The molecule has 2 rings (SSSR count). The predicted octanol–water partition coefficient (Wildman–Crippen LogP) is -1.24. The molecule has 9 nitrogen and oxygen atoms in total. The van der Waals surface area contributed by atoms with Crippen molar-refractivity contribution in [3.05, 3.63) is 26.7 Å². The van der Waals surface area contributed by atoms with Crippen LogP contribution in [0.25, 0.3) is 11.2 Å². The van der Waals surface area contributed by atoms with Crippen molar-refractivity contribution in [2.24, 2.45) is 25.6 Å². The minimum absolute atomic E-state index is 0.259. The number of halogens is 1. The number of H-pyrrole nitrogens is 1. The Kier molecular flexibility index (Phi) is 6.74. The summed E-state index contributed by atoms with van der Waals surface area (Å²) in [7, 11) is 3.04. The molecule has 0 unspecified atom stereocenters. The zero-order chi connectivity index (χ0) is 16.9. The number of aromatic nitrogens is 4. The summed E-state index contributed by atoms with van der Waals surface area (Å²) in [6.07, 6.45) is 1.45. The third-order valence-electron chi connectivity index (χ3n) is 2.89. The Morgan fingerprint density at radius 1 is 1.32 bits per heavy atom. The molecule has 0 saturated heterocycles. The number of nitrogens with two attached hydrogens (primary N) is 2. The number of nitrogens with one attached hydrogen (secondary N) is 1. The minimum atomic E-state index is -0.376. The van der Waals surface area contributed by atoms with Gasteiger partial charge in [0.1, 0.15) is 11.3 Å². The maximum atomic E-state index is 11.8. The van der Waals surface area contributed by atoms with Gasteiger partial charge in [-0.25, -0.2) is 9.78 Å². The molecule has 0 aliphatic rings. The predicted molar refractivity (Wildman–Crippen MR) is 92.0 cm³/mol. The van der Waals surface area contributed by atoms with Crippen LogP contribution in [-0.4, -0.2) is 36.0 Å². The van der Waals surface area contributed by atoms with Crippen molar-refractivity contribution in [2.75, 3.05) is 11.0 Å². The summed E-state index contributed by atoms with van der Waals surface area (Å²) in [4.78, 5) is 40.3. The van der Waals surface area contributed by atoms with Gasteiger partial charge in [0, 0.05) is 20.5 Å². The Morgan fingerprint density at radius 3 is 2.41 bits per heavy atom. The number of amides is 1. The van der Waals surface area contributed by atoms with Crippen LogP contribution in [0.2, 0.25) is 0 Å². The Morgan fingerprint density at radius 2 is 1.91 bits per heavy atom. The molecular formula is C12H19IN6O3. The van der Waals surface area contributed by atoms with Crippen molar-refractivity contribution in [2.45, 2.75) is 12.8 Å². The van der Waals surface area contributed by atoms with E-state index in [9.17, 15) is 14.4 Å². The van der Waals surface area contributed by atoms with Crippen LogP contribution in [0.3, 0.4) is 0 Å². The standard InChI is InChI=1S/C10H15N5O2.C2H4INO/c1-14-8-7(9(16)15(2)10(14)17)12-6(13-8)4-3-5-11;3-1-2(4)5/h3-5,11H2,1-2H3,(H,12,13);1H2,(H2,4,5). The molecule has 0 fully saturated rings. The summed E-state index contributed by atoms with van der Waals surface area (Å²) < 4.78 is 2.84. The molecule has 0 aliphatic heterocycles. The molecule has 10 heteroatoms. The van der Waals surface area contributed by atoms with Crippen LogP contribution in [0, 0.1) is 0 Å². The van der Waals surface area contributed by atoms with Gasteiger partial charge in [0.2, 0.25) is 5.91 Å². The van der Waals surface area contributed by atoms with Crippen LogP contribution < -0.4 is 22.7 Å². The zero-order valence-corrected chi connectivity index (χ0v) is 14.6. The van der Waals surface area contributed by atoms with E-state index in [4.69, 9.17) is 5.73 Å². The van der Waals surface area contributed by atoms with E-state index < -0.39 is 0 Å². The van der Waals surface area contributed by atoms with Gasteiger partial charge in [-0.05, 0) is 13.0 Å².